The highest BCUT2D eigenvalue weighted by Gasteiger charge is 2.24. The van der Waals surface area contributed by atoms with E-state index in [2.05, 4.69) is 22.0 Å². The third-order valence-electron chi connectivity index (χ3n) is 7.14. The van der Waals surface area contributed by atoms with Gasteiger partial charge >= 0.3 is 0 Å². The summed E-state index contributed by atoms with van der Waals surface area (Å²) in [7, 11) is 5.06. The van der Waals surface area contributed by atoms with Crippen molar-refractivity contribution < 1.29 is 23.5 Å². The Hall–Kier alpha value is -3.69. The summed E-state index contributed by atoms with van der Waals surface area (Å²) in [4.78, 5) is 35.6. The Bertz CT molecular complexity index is 1280. The third-order valence-corrected chi connectivity index (χ3v) is 7.14. The highest BCUT2D eigenvalue weighted by molar-refractivity contribution is 5.98. The van der Waals surface area contributed by atoms with Gasteiger partial charge in [0.1, 0.15) is 23.1 Å². The normalized spacial score (nSPS) is 16.0. The van der Waals surface area contributed by atoms with Crippen LogP contribution in [0.3, 0.4) is 0 Å². The topological polar surface area (TPSA) is 113 Å². The van der Waals surface area contributed by atoms with Crippen LogP contribution in [0.15, 0.2) is 46.9 Å². The zero-order valence-corrected chi connectivity index (χ0v) is 22.2. The number of imide groups is 1. The molecule has 3 aromatic rings. The molecule has 5 rings (SSSR count). The second-order valence-electron chi connectivity index (χ2n) is 9.77. The molecule has 2 aromatic carbocycles. The molecule has 38 heavy (non-hydrogen) atoms. The van der Waals surface area contributed by atoms with Gasteiger partial charge in [-0.05, 0) is 61.3 Å². The molecule has 0 radical (unpaired) electrons. The lowest BCUT2D eigenvalue weighted by molar-refractivity contribution is -0.127. The van der Waals surface area contributed by atoms with Gasteiger partial charge in [-0.3, -0.25) is 19.7 Å². The van der Waals surface area contributed by atoms with Crippen molar-refractivity contribution in [2.45, 2.75) is 57.3 Å². The minimum Gasteiger partial charge on any atom is -0.497 e. The van der Waals surface area contributed by atoms with Gasteiger partial charge in [0.2, 0.25) is 6.41 Å². The van der Waals surface area contributed by atoms with Crippen LogP contribution >= 0.6 is 0 Å². The molecule has 0 bridgehead atoms. The van der Waals surface area contributed by atoms with E-state index in [9.17, 15) is 14.4 Å². The first-order valence-corrected chi connectivity index (χ1v) is 13.0. The Morgan fingerprint density at radius 2 is 1.95 bits per heavy atom. The predicted octanol–water partition coefficient (Wildman–Crippen LogP) is 3.67. The first kappa shape index (κ1) is 27.3. The number of furan rings is 1. The van der Waals surface area contributed by atoms with Crippen molar-refractivity contribution in [3.05, 3.63) is 64.9 Å². The van der Waals surface area contributed by atoms with Gasteiger partial charge in [-0.2, -0.15) is 0 Å². The molecule has 9 heteroatoms. The van der Waals surface area contributed by atoms with Crippen molar-refractivity contribution in [2.24, 2.45) is 0 Å². The van der Waals surface area contributed by atoms with Gasteiger partial charge in [0.25, 0.3) is 11.8 Å². The maximum atomic E-state index is 11.9. The largest absolute Gasteiger partial charge is 0.497 e. The van der Waals surface area contributed by atoms with Crippen LogP contribution in [-0.4, -0.2) is 50.4 Å². The summed E-state index contributed by atoms with van der Waals surface area (Å²) in [5.41, 5.74) is 3.77. The molecule has 1 aliphatic heterocycles. The first-order chi connectivity index (χ1) is 18.4. The summed E-state index contributed by atoms with van der Waals surface area (Å²) in [5.74, 6) is 0.876. The quantitative estimate of drug-likeness (QED) is 0.389. The molecule has 2 heterocycles. The molecule has 2 aliphatic rings. The van der Waals surface area contributed by atoms with Crippen molar-refractivity contribution in [2.75, 3.05) is 21.2 Å². The molecule has 0 saturated heterocycles. The maximum Gasteiger partial charge on any atom is 0.254 e. The number of hydrogen-bond acceptors (Lipinski definition) is 7. The van der Waals surface area contributed by atoms with Crippen LogP contribution < -0.4 is 20.7 Å². The highest BCUT2D eigenvalue weighted by atomic mass is 16.5. The molecule has 1 aromatic heterocycles. The van der Waals surface area contributed by atoms with E-state index in [1.807, 2.05) is 30.3 Å². The Balaban J connectivity index is 0.000000216. The zero-order chi connectivity index (χ0) is 27.1. The van der Waals surface area contributed by atoms with Crippen molar-refractivity contribution in [3.8, 4) is 5.75 Å². The number of nitrogens with one attached hydrogen (secondary N) is 3. The van der Waals surface area contributed by atoms with Crippen LogP contribution in [0, 0.1) is 0 Å². The van der Waals surface area contributed by atoms with Crippen molar-refractivity contribution in [3.63, 3.8) is 0 Å². The van der Waals surface area contributed by atoms with E-state index in [0.717, 1.165) is 34.4 Å². The third kappa shape index (κ3) is 6.41. The molecular formula is C29H36N4O5. The summed E-state index contributed by atoms with van der Waals surface area (Å²) in [5, 5.41) is 9.61. The number of benzene rings is 2. The van der Waals surface area contributed by atoms with E-state index in [-0.39, 0.29) is 5.91 Å². The standard InChI is InChI=1S/C19H25N3O3.C10H11NO2/c1-20-18(19(24)22-12-23)17-10-14-9-13(7-8-16(14)25-17)11-21-15-5-3-2-4-6-15;1-11-6-7-3-4-8(13-2)5-9(7)10(11)12/h7-10,12,15,18,20-21H,2-6,11H2,1H3,(H,22,23,24);3-5H,6H2,1-2H3/t18-;/m0./s1. The number of ether oxygens (including phenoxy) is 1. The highest BCUT2D eigenvalue weighted by Crippen LogP contribution is 2.26. The molecular weight excluding hydrogens is 484 g/mol. The van der Waals surface area contributed by atoms with Crippen molar-refractivity contribution in [1.29, 1.82) is 0 Å². The van der Waals surface area contributed by atoms with Crippen LogP contribution in [0.2, 0.25) is 0 Å². The summed E-state index contributed by atoms with van der Waals surface area (Å²) < 4.78 is 10.8. The SMILES string of the molecule is CN[C@H](C(=O)NC=O)c1cc2cc(CNC3CCCCC3)ccc2o1.COc1ccc2c(c1)C(=O)N(C)C2. The number of carbonyl (C=O) groups excluding carboxylic acids is 3. The zero-order valence-electron chi connectivity index (χ0n) is 22.2. The lowest BCUT2D eigenvalue weighted by Gasteiger charge is -2.22. The fraction of sp³-hybridized carbons (Fsp3) is 0.414. The van der Waals surface area contributed by atoms with Gasteiger partial charge in [0.05, 0.1) is 7.11 Å². The molecule has 0 spiro atoms. The Kier molecular flexibility index (Phi) is 9.15. The maximum absolute atomic E-state index is 11.9. The average molecular weight is 521 g/mol. The van der Waals surface area contributed by atoms with E-state index in [1.54, 1.807) is 32.2 Å². The minimum atomic E-state index is -0.693. The fourth-order valence-electron chi connectivity index (χ4n) is 5.03. The number of likely N-dealkylation sites (N-methyl/N-ethyl adjacent to an activating group) is 1. The van der Waals surface area contributed by atoms with Crippen molar-refractivity contribution in [1.82, 2.24) is 20.9 Å². The number of amides is 3. The number of methoxy groups -OCH3 is 1. The van der Waals surface area contributed by atoms with E-state index in [0.29, 0.717) is 24.8 Å². The molecule has 1 atom stereocenters. The van der Waals surface area contributed by atoms with Crippen LogP contribution in [0.1, 0.15) is 65.4 Å². The Morgan fingerprint density at radius 1 is 1.16 bits per heavy atom. The second kappa shape index (κ2) is 12.7. The van der Waals surface area contributed by atoms with Crippen molar-refractivity contribution >= 4 is 29.2 Å². The molecule has 0 unspecified atom stereocenters. The summed E-state index contributed by atoms with van der Waals surface area (Å²) in [6.45, 7) is 1.54. The number of nitrogens with zero attached hydrogens (tertiary/aromatic N) is 1. The number of hydrogen-bond donors (Lipinski definition) is 3. The lowest BCUT2D eigenvalue weighted by atomic mass is 9.95. The fourth-order valence-corrected chi connectivity index (χ4v) is 5.03. The molecule has 3 amide bonds. The molecule has 1 fully saturated rings. The van der Waals surface area contributed by atoms with Crippen LogP contribution in [0.25, 0.3) is 11.0 Å². The minimum absolute atomic E-state index is 0.0777. The number of fused-ring (bicyclic) bond motifs is 2. The molecule has 1 aliphatic carbocycles. The van der Waals surface area contributed by atoms with Crippen LogP contribution in [0.5, 0.6) is 5.75 Å². The predicted molar refractivity (Wildman–Crippen MR) is 145 cm³/mol. The Labute approximate surface area is 222 Å². The molecule has 9 nitrogen and oxygen atoms in total. The number of rotatable bonds is 8. The Morgan fingerprint density at radius 3 is 2.66 bits per heavy atom. The lowest BCUT2D eigenvalue weighted by Crippen LogP contribution is -2.34. The van der Waals surface area contributed by atoms with E-state index >= 15 is 0 Å². The number of carbonyl (C=O) groups is 3. The van der Waals surface area contributed by atoms with E-state index < -0.39 is 11.9 Å². The van der Waals surface area contributed by atoms with Gasteiger partial charge in [-0.1, -0.05) is 31.4 Å². The van der Waals surface area contributed by atoms with E-state index in [4.69, 9.17) is 9.15 Å². The monoisotopic (exact) mass is 520 g/mol. The molecule has 202 valence electrons. The summed E-state index contributed by atoms with van der Waals surface area (Å²) in [6, 6.07) is 13.5. The van der Waals surface area contributed by atoms with E-state index in [1.165, 1.54) is 37.7 Å². The average Bonchev–Trinajstić information content (AvgIpc) is 3.48. The summed E-state index contributed by atoms with van der Waals surface area (Å²) >= 11 is 0. The van der Waals surface area contributed by atoms with Gasteiger partial charge < -0.3 is 24.7 Å². The molecule has 1 saturated carbocycles. The van der Waals surface area contributed by atoms with Crippen LogP contribution in [-0.2, 0) is 22.7 Å². The van der Waals surface area contributed by atoms with Gasteiger partial charge in [0.15, 0.2) is 0 Å². The molecule has 3 N–H and O–H groups in total. The van der Waals surface area contributed by atoms with Gasteiger partial charge in [-0.15, -0.1) is 0 Å². The smallest absolute Gasteiger partial charge is 0.254 e. The van der Waals surface area contributed by atoms with Gasteiger partial charge in [-0.25, -0.2) is 0 Å². The second-order valence-corrected chi connectivity index (χ2v) is 9.77. The van der Waals surface area contributed by atoms with Crippen LogP contribution in [0.4, 0.5) is 0 Å². The summed E-state index contributed by atoms with van der Waals surface area (Å²) in [6.07, 6.45) is 6.88. The first-order valence-electron chi connectivity index (χ1n) is 13.0. The van der Waals surface area contributed by atoms with Gasteiger partial charge in [0, 0.05) is 37.1 Å².